The van der Waals surface area contributed by atoms with Gasteiger partial charge < -0.3 is 16.0 Å². The third-order valence-corrected chi connectivity index (χ3v) is 3.86. The highest BCUT2D eigenvalue weighted by Crippen LogP contribution is 2.29. The van der Waals surface area contributed by atoms with Crippen molar-refractivity contribution < 1.29 is 22.8 Å². The Hall–Kier alpha value is -2.09. The second-order valence-electron chi connectivity index (χ2n) is 5.70. The van der Waals surface area contributed by atoms with Crippen molar-refractivity contribution in [3.05, 3.63) is 29.8 Å². The first-order valence-corrected chi connectivity index (χ1v) is 7.79. The van der Waals surface area contributed by atoms with Crippen molar-refractivity contribution in [3.63, 3.8) is 0 Å². The molecule has 2 rings (SSSR count). The Morgan fingerprint density at radius 1 is 1.33 bits per heavy atom. The molecular formula is C16H20F3N3O2. The lowest BCUT2D eigenvalue weighted by Gasteiger charge is -2.29. The smallest absolute Gasteiger partial charge is 0.344 e. The number of anilines is 1. The summed E-state index contributed by atoms with van der Waals surface area (Å²) >= 11 is 0. The van der Waals surface area contributed by atoms with Crippen LogP contribution in [0.2, 0.25) is 0 Å². The molecule has 8 heteroatoms. The summed E-state index contributed by atoms with van der Waals surface area (Å²) in [7, 11) is 0. The first kappa shape index (κ1) is 18.3. The predicted octanol–water partition coefficient (Wildman–Crippen LogP) is 2.19. The third-order valence-electron chi connectivity index (χ3n) is 3.86. The largest absolute Gasteiger partial charge is 0.408 e. The Kier molecular flexibility index (Phi) is 5.82. The van der Waals surface area contributed by atoms with Crippen LogP contribution in [0, 0.1) is 5.92 Å². The molecule has 1 aliphatic heterocycles. The van der Waals surface area contributed by atoms with Crippen molar-refractivity contribution in [2.45, 2.75) is 38.5 Å². The molecule has 0 radical (unpaired) electrons. The Labute approximate surface area is 138 Å². The van der Waals surface area contributed by atoms with Crippen molar-refractivity contribution in [1.82, 2.24) is 10.6 Å². The second kappa shape index (κ2) is 7.65. The van der Waals surface area contributed by atoms with Gasteiger partial charge >= 0.3 is 6.18 Å². The van der Waals surface area contributed by atoms with Crippen LogP contribution >= 0.6 is 0 Å². The van der Waals surface area contributed by atoms with Crippen LogP contribution in [0.15, 0.2) is 24.3 Å². The molecular weight excluding hydrogens is 323 g/mol. The minimum Gasteiger partial charge on any atom is -0.344 e. The first-order chi connectivity index (χ1) is 11.3. The van der Waals surface area contributed by atoms with Gasteiger partial charge in [-0.3, -0.25) is 9.59 Å². The summed E-state index contributed by atoms with van der Waals surface area (Å²) in [5.74, 6) is -2.58. The number of hydrogen-bond donors (Lipinski definition) is 3. The molecule has 132 valence electrons. The van der Waals surface area contributed by atoms with Crippen molar-refractivity contribution in [2.75, 3.05) is 11.9 Å². The van der Waals surface area contributed by atoms with Gasteiger partial charge in [0.2, 0.25) is 11.8 Å². The zero-order chi connectivity index (χ0) is 17.7. The van der Waals surface area contributed by atoms with E-state index < -0.39 is 30.0 Å². The van der Waals surface area contributed by atoms with E-state index in [1.165, 1.54) is 0 Å². The van der Waals surface area contributed by atoms with Crippen molar-refractivity contribution in [3.8, 4) is 0 Å². The lowest BCUT2D eigenvalue weighted by atomic mass is 9.92. The maximum atomic E-state index is 12.6. The highest BCUT2D eigenvalue weighted by atomic mass is 19.4. The summed E-state index contributed by atoms with van der Waals surface area (Å²) in [5.41, 5.74) is 1.47. The van der Waals surface area contributed by atoms with Crippen molar-refractivity contribution in [2.24, 2.45) is 5.92 Å². The van der Waals surface area contributed by atoms with E-state index in [2.05, 4.69) is 10.6 Å². The number of nitrogens with one attached hydrogen (secondary N) is 3. The van der Waals surface area contributed by atoms with Crippen LogP contribution in [0.5, 0.6) is 0 Å². The maximum Gasteiger partial charge on any atom is 0.408 e. The lowest BCUT2D eigenvalue weighted by molar-refractivity contribution is -0.170. The Morgan fingerprint density at radius 2 is 2.08 bits per heavy atom. The van der Waals surface area contributed by atoms with Crippen LogP contribution in [-0.2, 0) is 16.1 Å². The van der Waals surface area contributed by atoms with Gasteiger partial charge in [-0.2, -0.15) is 13.2 Å². The van der Waals surface area contributed by atoms with Gasteiger partial charge in [-0.15, -0.1) is 0 Å². The first-order valence-electron chi connectivity index (χ1n) is 7.79. The number of rotatable bonds is 5. The SMILES string of the molecule is CCNCc1cccc(NC(=O)C2CCC(C(F)(F)F)NC2=O)c1. The van der Waals surface area contributed by atoms with E-state index in [0.717, 1.165) is 12.1 Å². The van der Waals surface area contributed by atoms with E-state index in [1.807, 2.05) is 18.3 Å². The summed E-state index contributed by atoms with van der Waals surface area (Å²) in [6, 6.07) is 5.21. The fourth-order valence-corrected chi connectivity index (χ4v) is 2.56. The maximum absolute atomic E-state index is 12.6. The van der Waals surface area contributed by atoms with Crippen LogP contribution < -0.4 is 16.0 Å². The molecule has 1 heterocycles. The molecule has 0 spiro atoms. The average molecular weight is 343 g/mol. The van der Waals surface area contributed by atoms with E-state index in [4.69, 9.17) is 0 Å². The fourth-order valence-electron chi connectivity index (χ4n) is 2.56. The van der Waals surface area contributed by atoms with Gasteiger partial charge in [0.15, 0.2) is 0 Å². The van der Waals surface area contributed by atoms with Crippen LogP contribution in [0.25, 0.3) is 0 Å². The van der Waals surface area contributed by atoms with Crippen LogP contribution in [0.4, 0.5) is 18.9 Å². The zero-order valence-electron chi connectivity index (χ0n) is 13.2. The normalized spacial score (nSPS) is 21.2. The minimum absolute atomic E-state index is 0.126. The Morgan fingerprint density at radius 3 is 2.71 bits per heavy atom. The van der Waals surface area contributed by atoms with Crippen LogP contribution in [0.3, 0.4) is 0 Å². The zero-order valence-corrected chi connectivity index (χ0v) is 13.2. The van der Waals surface area contributed by atoms with Gasteiger partial charge in [0.05, 0.1) is 0 Å². The molecule has 3 N–H and O–H groups in total. The number of halogens is 3. The molecule has 0 bridgehead atoms. The number of carbonyl (C=O) groups excluding carboxylic acids is 2. The molecule has 0 aromatic heterocycles. The van der Waals surface area contributed by atoms with Gasteiger partial charge in [0.1, 0.15) is 12.0 Å². The van der Waals surface area contributed by atoms with E-state index in [1.54, 1.807) is 18.2 Å². The quantitative estimate of drug-likeness (QED) is 0.718. The average Bonchev–Trinajstić information content (AvgIpc) is 2.52. The highest BCUT2D eigenvalue weighted by Gasteiger charge is 2.45. The molecule has 0 aliphatic carbocycles. The molecule has 2 atom stereocenters. The van der Waals surface area contributed by atoms with Gasteiger partial charge in [0, 0.05) is 12.2 Å². The number of carbonyl (C=O) groups is 2. The van der Waals surface area contributed by atoms with E-state index in [-0.39, 0.29) is 12.8 Å². The number of amides is 2. The molecule has 5 nitrogen and oxygen atoms in total. The topological polar surface area (TPSA) is 70.2 Å². The molecule has 1 aromatic rings. The van der Waals surface area contributed by atoms with E-state index >= 15 is 0 Å². The predicted molar refractivity (Wildman–Crippen MR) is 83.2 cm³/mol. The van der Waals surface area contributed by atoms with Gasteiger partial charge in [-0.05, 0) is 37.1 Å². The monoisotopic (exact) mass is 343 g/mol. The fraction of sp³-hybridized carbons (Fsp3) is 0.500. The minimum atomic E-state index is -4.49. The number of piperidine rings is 1. The molecule has 1 aromatic carbocycles. The summed E-state index contributed by atoms with van der Waals surface area (Å²) in [5, 5.41) is 7.63. The van der Waals surface area contributed by atoms with Gasteiger partial charge in [-0.1, -0.05) is 19.1 Å². The van der Waals surface area contributed by atoms with Gasteiger partial charge in [-0.25, -0.2) is 0 Å². The molecule has 24 heavy (non-hydrogen) atoms. The van der Waals surface area contributed by atoms with E-state index in [0.29, 0.717) is 12.2 Å². The van der Waals surface area contributed by atoms with Crippen LogP contribution in [0.1, 0.15) is 25.3 Å². The summed E-state index contributed by atoms with van der Waals surface area (Å²) in [6.45, 7) is 3.41. The van der Waals surface area contributed by atoms with E-state index in [9.17, 15) is 22.8 Å². The standard InChI is InChI=1S/C16H20F3N3O2/c1-2-20-9-10-4-3-5-11(8-10)21-14(23)12-6-7-13(16(17,18)19)22-15(12)24/h3-5,8,12-13,20H,2,6-7,9H2,1H3,(H,21,23)(H,22,24). The molecule has 2 unspecified atom stereocenters. The lowest BCUT2D eigenvalue weighted by Crippen LogP contribution is -2.53. The number of benzene rings is 1. The van der Waals surface area contributed by atoms with Crippen molar-refractivity contribution in [1.29, 1.82) is 0 Å². The molecule has 2 amide bonds. The highest BCUT2D eigenvalue weighted by molar-refractivity contribution is 6.06. The third kappa shape index (κ3) is 4.70. The Bertz CT molecular complexity index is 604. The van der Waals surface area contributed by atoms with Crippen molar-refractivity contribution >= 4 is 17.5 Å². The number of alkyl halides is 3. The Balaban J connectivity index is 1.97. The number of hydrogen-bond acceptors (Lipinski definition) is 3. The summed E-state index contributed by atoms with van der Waals surface area (Å²) in [4.78, 5) is 24.0. The van der Waals surface area contributed by atoms with Crippen LogP contribution in [-0.4, -0.2) is 30.6 Å². The summed E-state index contributed by atoms with van der Waals surface area (Å²) < 4.78 is 37.8. The molecule has 1 saturated heterocycles. The molecule has 1 fully saturated rings. The second-order valence-corrected chi connectivity index (χ2v) is 5.70. The molecule has 0 saturated carbocycles. The summed E-state index contributed by atoms with van der Waals surface area (Å²) in [6.07, 6.45) is -4.91. The van der Waals surface area contributed by atoms with Gasteiger partial charge in [0.25, 0.3) is 0 Å². The molecule has 1 aliphatic rings.